The number of hydrazone groups is 1. The molecule has 0 saturated heterocycles. The smallest absolute Gasteiger partial charge is 0.203 e. The van der Waals surface area contributed by atoms with E-state index in [1.165, 1.54) is 11.3 Å². The highest BCUT2D eigenvalue weighted by Crippen LogP contribution is 2.26. The third-order valence-electron chi connectivity index (χ3n) is 3.42. The average Bonchev–Trinajstić information content (AvgIpc) is 3.05. The van der Waals surface area contributed by atoms with E-state index in [1.54, 1.807) is 0 Å². The number of aromatic nitrogens is 1. The van der Waals surface area contributed by atoms with E-state index in [9.17, 15) is 0 Å². The minimum Gasteiger partial charge on any atom is -0.252 e. The van der Waals surface area contributed by atoms with Gasteiger partial charge in [0.2, 0.25) is 5.13 Å². The summed E-state index contributed by atoms with van der Waals surface area (Å²) in [6.07, 6.45) is 0.832. The van der Waals surface area contributed by atoms with Gasteiger partial charge in [0.05, 0.1) is 11.4 Å². The van der Waals surface area contributed by atoms with Crippen molar-refractivity contribution in [1.29, 1.82) is 0 Å². The van der Waals surface area contributed by atoms with E-state index < -0.39 is 0 Å². The second kappa shape index (κ2) is 7.92. The molecule has 3 rings (SSSR count). The quantitative estimate of drug-likeness (QED) is 0.380. The van der Waals surface area contributed by atoms with E-state index in [0.717, 1.165) is 43.6 Å². The lowest BCUT2D eigenvalue weighted by Gasteiger charge is -2.04. The highest BCUT2D eigenvalue weighted by Gasteiger charge is 2.06. The highest BCUT2D eigenvalue weighted by atomic mass is 79.9. The Bertz CT molecular complexity index is 859. The van der Waals surface area contributed by atoms with Crippen LogP contribution in [0.3, 0.4) is 0 Å². The normalized spacial score (nSPS) is 11.5. The van der Waals surface area contributed by atoms with Crippen LogP contribution in [0.1, 0.15) is 18.9 Å². The van der Waals surface area contributed by atoms with E-state index in [2.05, 4.69) is 50.5 Å². The minimum atomic E-state index is 0.721. The summed E-state index contributed by atoms with van der Waals surface area (Å²) in [5.74, 6) is 0. The Hall–Kier alpha value is -1.69. The van der Waals surface area contributed by atoms with Crippen molar-refractivity contribution in [2.75, 3.05) is 5.43 Å². The first kappa shape index (κ1) is 17.1. The van der Waals surface area contributed by atoms with Crippen molar-refractivity contribution in [3.63, 3.8) is 0 Å². The maximum absolute atomic E-state index is 5.92. The molecule has 6 heteroatoms. The van der Waals surface area contributed by atoms with Crippen molar-refractivity contribution in [2.45, 2.75) is 13.3 Å². The first-order valence-electron chi connectivity index (χ1n) is 7.45. The highest BCUT2D eigenvalue weighted by molar-refractivity contribution is 9.10. The lowest BCUT2D eigenvalue weighted by atomic mass is 10.1. The van der Waals surface area contributed by atoms with Gasteiger partial charge in [-0.25, -0.2) is 4.98 Å². The Balaban J connectivity index is 1.77. The van der Waals surface area contributed by atoms with Crippen LogP contribution in [-0.2, 0) is 0 Å². The Morgan fingerprint density at radius 1 is 1.25 bits per heavy atom. The summed E-state index contributed by atoms with van der Waals surface area (Å²) in [5.41, 5.74) is 7.10. The number of nitrogens with one attached hydrogen (secondary N) is 1. The maximum Gasteiger partial charge on any atom is 0.203 e. The van der Waals surface area contributed by atoms with Crippen LogP contribution in [-0.4, -0.2) is 10.7 Å². The van der Waals surface area contributed by atoms with E-state index >= 15 is 0 Å². The Labute approximate surface area is 158 Å². The number of hydrogen-bond donors (Lipinski definition) is 1. The predicted molar refractivity (Wildman–Crippen MR) is 107 cm³/mol. The summed E-state index contributed by atoms with van der Waals surface area (Å²) in [6.45, 7) is 2.09. The van der Waals surface area contributed by atoms with Crippen LogP contribution < -0.4 is 5.43 Å². The van der Waals surface area contributed by atoms with Crippen LogP contribution >= 0.6 is 38.9 Å². The molecule has 24 heavy (non-hydrogen) atoms. The number of nitrogens with zero attached hydrogens (tertiary/aromatic N) is 2. The van der Waals surface area contributed by atoms with Crippen molar-refractivity contribution in [3.8, 4) is 11.3 Å². The summed E-state index contributed by atoms with van der Waals surface area (Å²) in [4.78, 5) is 4.58. The van der Waals surface area contributed by atoms with Crippen molar-refractivity contribution in [2.24, 2.45) is 5.10 Å². The minimum absolute atomic E-state index is 0.721. The second-order valence-corrected chi connectivity index (χ2v) is 7.29. The van der Waals surface area contributed by atoms with Crippen LogP contribution in [0, 0.1) is 0 Å². The molecule has 1 heterocycles. The first-order valence-corrected chi connectivity index (χ1v) is 9.50. The summed E-state index contributed by atoms with van der Waals surface area (Å²) >= 11 is 10.9. The van der Waals surface area contributed by atoms with Gasteiger partial charge in [0, 0.05) is 20.4 Å². The lowest BCUT2D eigenvalue weighted by molar-refractivity contribution is 1.21. The SMILES string of the molecule is CC/C(=N\Nc1nc(-c2ccc(Cl)cc2)cs1)c1cccc(Br)c1. The van der Waals surface area contributed by atoms with Crippen molar-refractivity contribution in [1.82, 2.24) is 4.98 Å². The fraction of sp³-hybridized carbons (Fsp3) is 0.111. The number of anilines is 1. The maximum atomic E-state index is 5.92. The zero-order valence-corrected chi connectivity index (χ0v) is 16.1. The fourth-order valence-electron chi connectivity index (χ4n) is 2.21. The number of thiazole rings is 1. The topological polar surface area (TPSA) is 37.3 Å². The van der Waals surface area contributed by atoms with Crippen LogP contribution in [0.25, 0.3) is 11.3 Å². The molecule has 0 fully saturated rings. The third kappa shape index (κ3) is 4.23. The second-order valence-electron chi connectivity index (χ2n) is 5.08. The third-order valence-corrected chi connectivity index (χ3v) is 4.92. The van der Waals surface area contributed by atoms with E-state index in [-0.39, 0.29) is 0 Å². The molecule has 0 aliphatic heterocycles. The van der Waals surface area contributed by atoms with Gasteiger partial charge in [-0.2, -0.15) is 5.10 Å². The molecule has 1 N–H and O–H groups in total. The molecule has 3 nitrogen and oxygen atoms in total. The van der Waals surface area contributed by atoms with Gasteiger partial charge in [-0.1, -0.05) is 58.7 Å². The molecule has 0 radical (unpaired) electrons. The molecule has 3 aromatic rings. The Morgan fingerprint density at radius 3 is 2.75 bits per heavy atom. The van der Waals surface area contributed by atoms with Crippen LogP contribution in [0.2, 0.25) is 5.02 Å². The Morgan fingerprint density at radius 2 is 2.04 bits per heavy atom. The standard InChI is InChI=1S/C18H15BrClN3S/c1-2-16(13-4-3-5-14(19)10-13)22-23-18-21-17(11-24-18)12-6-8-15(20)9-7-12/h3-11H,2H2,1H3,(H,21,23)/b22-16+. The van der Waals surface area contributed by atoms with E-state index in [1.807, 2.05) is 41.8 Å². The van der Waals surface area contributed by atoms with Crippen molar-refractivity contribution >= 4 is 49.7 Å². The molecular weight excluding hydrogens is 406 g/mol. The molecule has 0 atom stereocenters. The molecule has 0 amide bonds. The Kier molecular flexibility index (Phi) is 5.66. The monoisotopic (exact) mass is 419 g/mol. The zero-order chi connectivity index (χ0) is 16.9. The van der Waals surface area contributed by atoms with Crippen LogP contribution in [0.15, 0.2) is 63.5 Å². The summed E-state index contributed by atoms with van der Waals surface area (Å²) in [6, 6.07) is 15.8. The molecule has 0 spiro atoms. The summed E-state index contributed by atoms with van der Waals surface area (Å²) < 4.78 is 1.04. The van der Waals surface area contributed by atoms with E-state index in [4.69, 9.17) is 11.6 Å². The molecular formula is C18H15BrClN3S. The summed E-state index contributed by atoms with van der Waals surface area (Å²) in [7, 11) is 0. The van der Waals surface area contributed by atoms with Gasteiger partial charge in [0.15, 0.2) is 0 Å². The van der Waals surface area contributed by atoms with Crippen molar-refractivity contribution < 1.29 is 0 Å². The molecule has 0 aliphatic rings. The largest absolute Gasteiger partial charge is 0.252 e. The molecule has 122 valence electrons. The number of benzene rings is 2. The molecule has 0 bridgehead atoms. The molecule has 0 saturated carbocycles. The van der Waals surface area contributed by atoms with E-state index in [0.29, 0.717) is 0 Å². The van der Waals surface area contributed by atoms with Gasteiger partial charge in [-0.05, 0) is 36.2 Å². The van der Waals surface area contributed by atoms with Crippen molar-refractivity contribution in [3.05, 3.63) is 69.0 Å². The molecule has 0 aliphatic carbocycles. The fourth-order valence-corrected chi connectivity index (χ4v) is 3.40. The zero-order valence-electron chi connectivity index (χ0n) is 13.0. The van der Waals surface area contributed by atoms with Gasteiger partial charge >= 0.3 is 0 Å². The van der Waals surface area contributed by atoms with Gasteiger partial charge < -0.3 is 0 Å². The molecule has 1 aromatic heterocycles. The average molecular weight is 421 g/mol. The predicted octanol–water partition coefficient (Wildman–Crippen LogP) is 6.45. The number of rotatable bonds is 5. The van der Waals surface area contributed by atoms with Crippen LogP contribution in [0.4, 0.5) is 5.13 Å². The van der Waals surface area contributed by atoms with Gasteiger partial charge in [0.25, 0.3) is 0 Å². The first-order chi connectivity index (χ1) is 11.7. The van der Waals surface area contributed by atoms with Gasteiger partial charge in [-0.15, -0.1) is 11.3 Å². The molecule has 2 aromatic carbocycles. The van der Waals surface area contributed by atoms with Crippen LogP contribution in [0.5, 0.6) is 0 Å². The summed E-state index contributed by atoms with van der Waals surface area (Å²) in [5, 5.41) is 8.01. The number of halogens is 2. The number of hydrogen-bond acceptors (Lipinski definition) is 4. The van der Waals surface area contributed by atoms with Gasteiger partial charge in [0.1, 0.15) is 0 Å². The molecule has 0 unspecified atom stereocenters. The lowest BCUT2D eigenvalue weighted by Crippen LogP contribution is -2.03. The van der Waals surface area contributed by atoms with Gasteiger partial charge in [-0.3, -0.25) is 5.43 Å².